The van der Waals surface area contributed by atoms with Gasteiger partial charge >= 0.3 is 5.97 Å². The van der Waals surface area contributed by atoms with E-state index in [1.54, 1.807) is 0 Å². The zero-order chi connectivity index (χ0) is 9.78. The molecule has 12 heavy (non-hydrogen) atoms. The Morgan fingerprint density at radius 2 is 2.00 bits per heavy atom. The van der Waals surface area contributed by atoms with Crippen LogP contribution in [0.2, 0.25) is 19.6 Å². The summed E-state index contributed by atoms with van der Waals surface area (Å²) in [7, 11) is -1.21. The second kappa shape index (κ2) is 4.26. The molecule has 0 aromatic rings. The highest BCUT2D eigenvalue weighted by Crippen LogP contribution is 2.06. The van der Waals surface area contributed by atoms with Crippen molar-refractivity contribution in [3.63, 3.8) is 0 Å². The van der Waals surface area contributed by atoms with E-state index in [1.807, 2.05) is 6.08 Å². The van der Waals surface area contributed by atoms with Crippen LogP contribution in [0.5, 0.6) is 0 Å². The number of hydrogen-bond donors (Lipinski definition) is 1. The van der Waals surface area contributed by atoms with E-state index in [0.29, 0.717) is 5.57 Å². The Morgan fingerprint density at radius 1 is 1.50 bits per heavy atom. The van der Waals surface area contributed by atoms with Crippen molar-refractivity contribution in [2.45, 2.75) is 26.1 Å². The van der Waals surface area contributed by atoms with Gasteiger partial charge < -0.3 is 5.11 Å². The van der Waals surface area contributed by atoms with Crippen molar-refractivity contribution in [3.05, 3.63) is 23.9 Å². The number of rotatable bonds is 4. The average molecular weight is 184 g/mol. The Morgan fingerprint density at radius 3 is 2.33 bits per heavy atom. The lowest BCUT2D eigenvalue weighted by atomic mass is 10.2. The van der Waals surface area contributed by atoms with Gasteiger partial charge in [-0.2, -0.15) is 0 Å². The number of allylic oxidation sites excluding steroid dienone is 1. The Balaban J connectivity index is 4.01. The SMILES string of the molecule is C=C(/C=C\[Si](C)(C)C)CC(=O)O. The number of carboxylic acids is 1. The fraction of sp³-hybridized carbons (Fsp3) is 0.444. The van der Waals surface area contributed by atoms with Crippen molar-refractivity contribution in [1.82, 2.24) is 0 Å². The highest BCUT2D eigenvalue weighted by Gasteiger charge is 2.07. The predicted octanol–water partition coefficient (Wildman–Crippen LogP) is 2.45. The Hall–Kier alpha value is -0.833. The van der Waals surface area contributed by atoms with E-state index < -0.39 is 14.0 Å². The van der Waals surface area contributed by atoms with E-state index in [1.165, 1.54) is 0 Å². The molecule has 68 valence electrons. The molecule has 0 saturated heterocycles. The smallest absolute Gasteiger partial charge is 0.307 e. The molecule has 0 radical (unpaired) electrons. The molecule has 0 saturated carbocycles. The molecule has 2 nitrogen and oxygen atoms in total. The van der Waals surface area contributed by atoms with Crippen molar-refractivity contribution in [2.24, 2.45) is 0 Å². The lowest BCUT2D eigenvalue weighted by Gasteiger charge is -2.08. The van der Waals surface area contributed by atoms with Gasteiger partial charge in [-0.15, -0.1) is 0 Å². The quantitative estimate of drug-likeness (QED) is 0.538. The zero-order valence-electron chi connectivity index (χ0n) is 7.92. The lowest BCUT2D eigenvalue weighted by Crippen LogP contribution is -2.15. The minimum Gasteiger partial charge on any atom is -0.481 e. The molecule has 0 aliphatic heterocycles. The molecule has 1 N–H and O–H groups in total. The molecule has 0 aromatic heterocycles. The van der Waals surface area contributed by atoms with Crippen LogP contribution in [0.1, 0.15) is 6.42 Å². The van der Waals surface area contributed by atoms with E-state index in [4.69, 9.17) is 5.11 Å². The summed E-state index contributed by atoms with van der Waals surface area (Å²) in [4.78, 5) is 10.3. The van der Waals surface area contributed by atoms with Gasteiger partial charge in [0.25, 0.3) is 0 Å². The molecule has 0 heterocycles. The summed E-state index contributed by atoms with van der Waals surface area (Å²) >= 11 is 0. The first-order valence-corrected chi connectivity index (χ1v) is 7.48. The van der Waals surface area contributed by atoms with Gasteiger partial charge in [0.15, 0.2) is 0 Å². The monoisotopic (exact) mass is 184 g/mol. The number of carboxylic acid groups (broad SMARTS) is 1. The van der Waals surface area contributed by atoms with Gasteiger partial charge in [-0.25, -0.2) is 0 Å². The van der Waals surface area contributed by atoms with Gasteiger partial charge in [0.1, 0.15) is 0 Å². The van der Waals surface area contributed by atoms with Gasteiger partial charge in [-0.1, -0.05) is 38.0 Å². The Bertz CT molecular complexity index is 211. The first-order valence-electron chi connectivity index (χ1n) is 3.90. The van der Waals surface area contributed by atoms with Crippen LogP contribution < -0.4 is 0 Å². The summed E-state index contributed by atoms with van der Waals surface area (Å²) in [5.41, 5.74) is 2.77. The first kappa shape index (κ1) is 11.2. The molecular formula is C9H16O2Si. The van der Waals surface area contributed by atoms with E-state index in [0.717, 1.165) is 0 Å². The predicted molar refractivity (Wildman–Crippen MR) is 53.9 cm³/mol. The summed E-state index contributed by atoms with van der Waals surface area (Å²) in [6, 6.07) is 0. The number of carbonyl (C=O) groups is 1. The summed E-state index contributed by atoms with van der Waals surface area (Å²) in [5.74, 6) is -0.819. The Kier molecular flexibility index (Phi) is 3.96. The fourth-order valence-electron chi connectivity index (χ4n) is 0.621. The molecule has 0 aromatic carbocycles. The lowest BCUT2D eigenvalue weighted by molar-refractivity contribution is -0.136. The van der Waals surface area contributed by atoms with Gasteiger partial charge in [-0.05, 0) is 5.57 Å². The molecule has 3 heteroatoms. The summed E-state index contributed by atoms with van der Waals surface area (Å²) < 4.78 is 0. The largest absolute Gasteiger partial charge is 0.481 e. The van der Waals surface area contributed by atoms with Crippen LogP contribution in [0.25, 0.3) is 0 Å². The van der Waals surface area contributed by atoms with Crippen LogP contribution in [0.4, 0.5) is 0 Å². The average Bonchev–Trinajstić information content (AvgIpc) is 1.80. The molecule has 0 atom stereocenters. The third-order valence-corrected chi connectivity index (χ3v) is 2.36. The van der Waals surface area contributed by atoms with E-state index in [9.17, 15) is 4.79 Å². The zero-order valence-corrected chi connectivity index (χ0v) is 8.92. The second-order valence-electron chi connectivity index (χ2n) is 3.93. The van der Waals surface area contributed by atoms with E-state index >= 15 is 0 Å². The topological polar surface area (TPSA) is 37.3 Å². The van der Waals surface area contributed by atoms with Crippen molar-refractivity contribution in [3.8, 4) is 0 Å². The van der Waals surface area contributed by atoms with Crippen LogP contribution in [0.15, 0.2) is 23.9 Å². The van der Waals surface area contributed by atoms with Crippen molar-refractivity contribution < 1.29 is 9.90 Å². The molecule has 0 spiro atoms. The minimum absolute atomic E-state index is 0.0426. The van der Waals surface area contributed by atoms with Crippen LogP contribution in [-0.4, -0.2) is 19.1 Å². The summed E-state index contributed by atoms with van der Waals surface area (Å²) in [6.45, 7) is 10.2. The second-order valence-corrected chi connectivity index (χ2v) is 8.99. The van der Waals surface area contributed by atoms with Crippen LogP contribution in [0.3, 0.4) is 0 Å². The molecular weight excluding hydrogens is 168 g/mol. The van der Waals surface area contributed by atoms with Crippen molar-refractivity contribution >= 4 is 14.0 Å². The van der Waals surface area contributed by atoms with Gasteiger partial charge in [-0.3, -0.25) is 4.79 Å². The molecule has 0 aliphatic rings. The highest BCUT2D eigenvalue weighted by atomic mass is 28.3. The van der Waals surface area contributed by atoms with Gasteiger partial charge in [0, 0.05) is 0 Å². The molecule has 0 rings (SSSR count). The summed E-state index contributed by atoms with van der Waals surface area (Å²) in [6.07, 6.45) is 1.88. The molecule has 0 bridgehead atoms. The molecule has 0 fully saturated rings. The van der Waals surface area contributed by atoms with Crippen molar-refractivity contribution in [2.75, 3.05) is 0 Å². The first-order chi connectivity index (χ1) is 5.31. The van der Waals surface area contributed by atoms with E-state index in [2.05, 4.69) is 31.9 Å². The minimum atomic E-state index is -1.21. The number of aliphatic carboxylic acids is 1. The standard InChI is InChI=1S/C9H16O2Si/c1-8(7-9(10)11)5-6-12(2,3)4/h5-6H,1,7H2,2-4H3,(H,10,11)/b6-5-. The van der Waals surface area contributed by atoms with Crippen molar-refractivity contribution in [1.29, 1.82) is 0 Å². The molecule has 0 amide bonds. The molecule has 0 unspecified atom stereocenters. The molecule has 0 aliphatic carbocycles. The Labute approximate surface area is 74.6 Å². The normalized spacial score (nSPS) is 11.9. The summed E-state index contributed by atoms with van der Waals surface area (Å²) in [5, 5.41) is 8.43. The maximum absolute atomic E-state index is 10.3. The van der Waals surface area contributed by atoms with Gasteiger partial charge in [0.2, 0.25) is 0 Å². The highest BCUT2D eigenvalue weighted by molar-refractivity contribution is 6.81. The van der Waals surface area contributed by atoms with E-state index in [-0.39, 0.29) is 6.42 Å². The van der Waals surface area contributed by atoms with Crippen LogP contribution in [0, 0.1) is 0 Å². The maximum Gasteiger partial charge on any atom is 0.307 e. The number of hydrogen-bond acceptors (Lipinski definition) is 1. The third kappa shape index (κ3) is 7.28. The fourth-order valence-corrected chi connectivity index (χ4v) is 1.36. The van der Waals surface area contributed by atoms with Crippen LogP contribution in [-0.2, 0) is 4.79 Å². The maximum atomic E-state index is 10.3. The van der Waals surface area contributed by atoms with Gasteiger partial charge in [0.05, 0.1) is 14.5 Å². The van der Waals surface area contributed by atoms with Crippen LogP contribution >= 0.6 is 0 Å². The third-order valence-electron chi connectivity index (χ3n) is 1.20.